The average Bonchev–Trinajstić information content (AvgIpc) is 3.39. The van der Waals surface area contributed by atoms with Crippen LogP contribution in [0.15, 0.2) is 53.3 Å². The zero-order chi connectivity index (χ0) is 25.4. The van der Waals surface area contributed by atoms with Crippen LogP contribution in [0.5, 0.6) is 0 Å². The highest BCUT2D eigenvalue weighted by Gasteiger charge is 2.74. The highest BCUT2D eigenvalue weighted by molar-refractivity contribution is 6.05. The topological polar surface area (TPSA) is 114 Å². The number of hydrogen-bond acceptors (Lipinski definition) is 7. The first-order valence-corrected chi connectivity index (χ1v) is 12.1. The number of anilines is 1. The van der Waals surface area contributed by atoms with Gasteiger partial charge in [0.1, 0.15) is 11.8 Å². The molecule has 184 valence electrons. The third-order valence-corrected chi connectivity index (χ3v) is 8.64. The van der Waals surface area contributed by atoms with Gasteiger partial charge in [-0.2, -0.15) is 0 Å². The van der Waals surface area contributed by atoms with E-state index in [-0.39, 0.29) is 18.2 Å². The van der Waals surface area contributed by atoms with E-state index in [2.05, 4.69) is 10.3 Å². The Labute approximate surface area is 206 Å². The molecule has 2 N–H and O–H groups in total. The molecule has 9 heteroatoms. The number of nitrogens with zero attached hydrogens (tertiary/aromatic N) is 3. The maximum atomic E-state index is 13.8. The lowest BCUT2D eigenvalue weighted by Gasteiger charge is -2.46. The van der Waals surface area contributed by atoms with E-state index in [1.165, 1.54) is 4.57 Å². The van der Waals surface area contributed by atoms with Crippen LogP contribution in [-0.4, -0.2) is 43.8 Å². The fourth-order valence-electron chi connectivity index (χ4n) is 6.64. The summed E-state index contributed by atoms with van der Waals surface area (Å²) in [6.45, 7) is 6.87. The van der Waals surface area contributed by atoms with Crippen molar-refractivity contribution in [2.24, 2.45) is 5.41 Å². The van der Waals surface area contributed by atoms with Gasteiger partial charge in [-0.15, -0.1) is 0 Å². The number of carbonyl (C=O) groups excluding carboxylic acids is 2. The molecule has 0 bridgehead atoms. The van der Waals surface area contributed by atoms with Gasteiger partial charge >= 0.3 is 0 Å². The van der Waals surface area contributed by atoms with E-state index in [0.717, 1.165) is 5.56 Å². The lowest BCUT2D eigenvalue weighted by atomic mass is 9.72. The minimum atomic E-state index is -2.02. The number of Topliss-reactive ketones (excluding diaryl/α,β-unsaturated/α-hetero) is 1. The molecule has 7 rings (SSSR count). The lowest BCUT2D eigenvalue weighted by molar-refractivity contribution is -0.285. The highest BCUT2D eigenvalue weighted by Crippen LogP contribution is 2.64. The summed E-state index contributed by atoms with van der Waals surface area (Å²) in [5.74, 6) is -2.59. The monoisotopic (exact) mass is 486 g/mol. The molecule has 36 heavy (non-hydrogen) atoms. The number of hydrogen-bond donors (Lipinski definition) is 2. The van der Waals surface area contributed by atoms with Crippen molar-refractivity contribution in [3.8, 4) is 0 Å². The Balaban J connectivity index is 1.51. The van der Waals surface area contributed by atoms with E-state index >= 15 is 0 Å². The molecule has 1 spiro atoms. The zero-order valence-electron chi connectivity index (χ0n) is 20.4. The standard InChI is InChI=1S/C27H26N4O5/c1-24(2)19(32)20-28-16-11-7-5-9-14(16)21(33)31(20)18-13-26(36-27(18,24)35)15-10-6-8-12-17(15)30-22(26)29-25(3,4)23(30)34/h5-12,18,22,29,35H,13H2,1-4H3/t18-,22-,26-,27+/m0/s1. The molecule has 4 atom stereocenters. The normalized spacial score (nSPS) is 33.1. The van der Waals surface area contributed by atoms with Crippen molar-refractivity contribution >= 4 is 28.3 Å². The van der Waals surface area contributed by atoms with Gasteiger partial charge in [-0.1, -0.05) is 30.3 Å². The predicted molar refractivity (Wildman–Crippen MR) is 130 cm³/mol. The van der Waals surface area contributed by atoms with E-state index < -0.39 is 45.9 Å². The van der Waals surface area contributed by atoms with E-state index in [1.54, 1.807) is 43.0 Å². The summed E-state index contributed by atoms with van der Waals surface area (Å²) >= 11 is 0. The van der Waals surface area contributed by atoms with E-state index in [1.807, 2.05) is 38.1 Å². The SMILES string of the molecule is CC1(C)N[C@H]2N(C1=O)c1ccccc1[C@@]21C[C@@H]2n3c(nc4ccccc4c3=O)C(=O)C(C)(C)[C@]2(O)O1. The van der Waals surface area contributed by atoms with Gasteiger partial charge in [0.25, 0.3) is 5.56 Å². The van der Waals surface area contributed by atoms with Gasteiger partial charge < -0.3 is 9.84 Å². The summed E-state index contributed by atoms with van der Waals surface area (Å²) < 4.78 is 8.00. The van der Waals surface area contributed by atoms with Crippen LogP contribution >= 0.6 is 0 Å². The van der Waals surface area contributed by atoms with Gasteiger partial charge in [0, 0.05) is 12.0 Å². The van der Waals surface area contributed by atoms with Crippen molar-refractivity contribution < 1.29 is 19.4 Å². The predicted octanol–water partition coefficient (Wildman–Crippen LogP) is 2.22. The Morgan fingerprint density at radius 2 is 1.72 bits per heavy atom. The molecule has 4 aliphatic rings. The number of amides is 1. The number of ether oxygens (including phenoxy) is 1. The zero-order valence-corrected chi connectivity index (χ0v) is 20.4. The summed E-state index contributed by atoms with van der Waals surface area (Å²) in [5.41, 5.74) is -2.00. The van der Waals surface area contributed by atoms with Crippen LogP contribution in [-0.2, 0) is 15.1 Å². The van der Waals surface area contributed by atoms with Gasteiger partial charge in [-0.05, 0) is 45.9 Å². The minimum absolute atomic E-state index is 0.0120. The van der Waals surface area contributed by atoms with Gasteiger partial charge in [0.2, 0.25) is 17.5 Å². The molecule has 1 aromatic heterocycles. The Morgan fingerprint density at radius 3 is 2.50 bits per heavy atom. The van der Waals surface area contributed by atoms with Crippen molar-refractivity contribution in [3.63, 3.8) is 0 Å². The molecule has 4 aliphatic heterocycles. The number of ketones is 1. The second kappa shape index (κ2) is 6.29. The van der Waals surface area contributed by atoms with E-state index in [4.69, 9.17) is 4.74 Å². The van der Waals surface area contributed by atoms with Gasteiger partial charge in [-0.3, -0.25) is 29.2 Å². The Morgan fingerprint density at radius 1 is 1.03 bits per heavy atom. The quantitative estimate of drug-likeness (QED) is 0.501. The summed E-state index contributed by atoms with van der Waals surface area (Å²) in [5, 5.41) is 16.0. The second-order valence-corrected chi connectivity index (χ2v) is 11.4. The van der Waals surface area contributed by atoms with Crippen LogP contribution in [0.1, 0.15) is 56.3 Å². The summed E-state index contributed by atoms with van der Waals surface area (Å²) in [7, 11) is 0. The average molecular weight is 487 g/mol. The van der Waals surface area contributed by atoms with Crippen LogP contribution in [0.25, 0.3) is 10.9 Å². The minimum Gasteiger partial charge on any atom is -0.363 e. The fourth-order valence-corrected chi connectivity index (χ4v) is 6.64. The largest absolute Gasteiger partial charge is 0.363 e. The summed E-state index contributed by atoms with van der Waals surface area (Å²) in [4.78, 5) is 47.2. The van der Waals surface area contributed by atoms with Crippen LogP contribution in [0, 0.1) is 5.41 Å². The summed E-state index contributed by atoms with van der Waals surface area (Å²) in [6, 6.07) is 13.4. The fraction of sp³-hybridized carbons (Fsp3) is 0.407. The van der Waals surface area contributed by atoms with E-state index in [9.17, 15) is 19.5 Å². The molecule has 0 unspecified atom stereocenters. The first kappa shape index (κ1) is 21.8. The molecule has 9 nitrogen and oxygen atoms in total. The first-order valence-electron chi connectivity index (χ1n) is 12.1. The molecule has 0 radical (unpaired) electrons. The van der Waals surface area contributed by atoms with Crippen molar-refractivity contribution in [2.75, 3.05) is 4.90 Å². The number of carbonyl (C=O) groups is 2. The molecule has 2 aromatic carbocycles. The number of aliphatic hydroxyl groups is 1. The van der Waals surface area contributed by atoms with Crippen LogP contribution in [0.4, 0.5) is 5.69 Å². The van der Waals surface area contributed by atoms with Gasteiger partial charge in [0.05, 0.1) is 33.6 Å². The van der Waals surface area contributed by atoms with Crippen LogP contribution < -0.4 is 15.8 Å². The molecule has 0 aliphatic carbocycles. The third-order valence-electron chi connectivity index (χ3n) is 8.64. The molecular weight excluding hydrogens is 460 g/mol. The molecule has 0 saturated carbocycles. The number of nitrogens with one attached hydrogen (secondary N) is 1. The van der Waals surface area contributed by atoms with Gasteiger partial charge in [-0.25, -0.2) is 4.98 Å². The molecular formula is C27H26N4O5. The molecule has 3 aromatic rings. The number of benzene rings is 2. The maximum absolute atomic E-state index is 13.8. The Bertz CT molecular complexity index is 1590. The molecule has 2 saturated heterocycles. The maximum Gasteiger partial charge on any atom is 0.262 e. The molecule has 2 fully saturated rings. The van der Waals surface area contributed by atoms with Crippen molar-refractivity contribution in [2.45, 2.75) is 63.3 Å². The number of rotatable bonds is 0. The smallest absolute Gasteiger partial charge is 0.262 e. The highest BCUT2D eigenvalue weighted by atomic mass is 16.7. The Hall–Kier alpha value is -3.40. The summed E-state index contributed by atoms with van der Waals surface area (Å²) in [6.07, 6.45) is -0.452. The lowest BCUT2D eigenvalue weighted by Crippen LogP contribution is -2.61. The number of para-hydroxylation sites is 2. The molecule has 1 amide bonds. The number of aromatic nitrogens is 2. The van der Waals surface area contributed by atoms with Crippen LogP contribution in [0.3, 0.4) is 0 Å². The van der Waals surface area contributed by atoms with E-state index in [0.29, 0.717) is 16.6 Å². The van der Waals surface area contributed by atoms with Crippen molar-refractivity contribution in [1.82, 2.24) is 14.9 Å². The first-order chi connectivity index (χ1) is 16.9. The van der Waals surface area contributed by atoms with Crippen molar-refractivity contribution in [1.29, 1.82) is 0 Å². The number of fused-ring (bicyclic) bond motifs is 9. The Kier molecular flexibility index (Phi) is 3.82. The van der Waals surface area contributed by atoms with Crippen molar-refractivity contribution in [3.05, 3.63) is 70.3 Å². The second-order valence-electron chi connectivity index (χ2n) is 11.4. The van der Waals surface area contributed by atoms with Gasteiger partial charge in [0.15, 0.2) is 5.82 Å². The third kappa shape index (κ3) is 2.23. The van der Waals surface area contributed by atoms with Crippen LogP contribution in [0.2, 0.25) is 0 Å². The molecule has 5 heterocycles.